The van der Waals surface area contributed by atoms with Gasteiger partial charge in [-0.2, -0.15) is 0 Å². The van der Waals surface area contributed by atoms with E-state index >= 15 is 0 Å². The van der Waals surface area contributed by atoms with Gasteiger partial charge in [0, 0.05) is 38.8 Å². The van der Waals surface area contributed by atoms with Gasteiger partial charge in [0.25, 0.3) is 11.8 Å². The van der Waals surface area contributed by atoms with Crippen LogP contribution < -0.4 is 9.64 Å². The number of carbonyl (C=O) groups is 2. The third-order valence-electron chi connectivity index (χ3n) is 4.34. The van der Waals surface area contributed by atoms with Crippen molar-refractivity contribution in [3.8, 4) is 5.75 Å². The summed E-state index contributed by atoms with van der Waals surface area (Å²) >= 11 is 0. The molecule has 1 fully saturated rings. The van der Waals surface area contributed by atoms with E-state index in [2.05, 4.69) is 11.9 Å². The van der Waals surface area contributed by atoms with E-state index in [0.29, 0.717) is 17.0 Å². The number of carbonyl (C=O) groups excluding carboxylic acids is 2. The Morgan fingerprint density at radius 1 is 1.18 bits per heavy atom. The number of anilines is 1. The molecule has 0 aromatic heterocycles. The van der Waals surface area contributed by atoms with Crippen LogP contribution in [0.1, 0.15) is 17.3 Å². The highest BCUT2D eigenvalue weighted by molar-refractivity contribution is 6.02. The fourth-order valence-electron chi connectivity index (χ4n) is 2.84. The van der Waals surface area contributed by atoms with Gasteiger partial charge in [-0.05, 0) is 32.2 Å². The van der Waals surface area contributed by atoms with Crippen LogP contribution in [-0.2, 0) is 4.79 Å². The van der Waals surface area contributed by atoms with E-state index < -0.39 is 6.10 Å². The molecule has 1 unspecified atom stereocenters. The molecule has 118 valence electrons. The average molecular weight is 303 g/mol. The summed E-state index contributed by atoms with van der Waals surface area (Å²) in [4.78, 5) is 30.2. The molecule has 0 bridgehead atoms. The molecule has 3 rings (SSSR count). The summed E-state index contributed by atoms with van der Waals surface area (Å²) in [5, 5.41) is 0. The quantitative estimate of drug-likeness (QED) is 0.771. The maximum Gasteiger partial charge on any atom is 0.267 e. The number of ether oxygens (including phenoxy) is 1. The zero-order valence-corrected chi connectivity index (χ0v) is 13.2. The predicted octanol–water partition coefficient (Wildman–Crippen LogP) is 0.818. The normalized spacial score (nSPS) is 22.3. The first kappa shape index (κ1) is 14.8. The van der Waals surface area contributed by atoms with Crippen molar-refractivity contribution >= 4 is 17.5 Å². The zero-order chi connectivity index (χ0) is 15.9. The standard InChI is InChI=1S/C16H21N3O3/c1-11-15(20)18(3)13-10-12(4-5-14(13)22-11)16(21)19-8-6-17(2)7-9-19/h4-5,10-11H,6-9H2,1-3H3. The van der Waals surface area contributed by atoms with Crippen molar-refractivity contribution in [1.82, 2.24) is 9.80 Å². The van der Waals surface area contributed by atoms with Crippen molar-refractivity contribution < 1.29 is 14.3 Å². The number of nitrogens with zero attached hydrogens (tertiary/aromatic N) is 3. The summed E-state index contributed by atoms with van der Waals surface area (Å²) in [7, 11) is 3.77. The molecule has 6 nitrogen and oxygen atoms in total. The van der Waals surface area contributed by atoms with E-state index in [0.717, 1.165) is 26.2 Å². The smallest absolute Gasteiger partial charge is 0.267 e. The summed E-state index contributed by atoms with van der Waals surface area (Å²) in [5.41, 5.74) is 1.25. The largest absolute Gasteiger partial charge is 0.479 e. The highest BCUT2D eigenvalue weighted by atomic mass is 16.5. The van der Waals surface area contributed by atoms with Gasteiger partial charge >= 0.3 is 0 Å². The Hall–Kier alpha value is -2.08. The van der Waals surface area contributed by atoms with Crippen LogP contribution in [0.5, 0.6) is 5.75 Å². The number of hydrogen-bond donors (Lipinski definition) is 0. The Morgan fingerprint density at radius 3 is 2.55 bits per heavy atom. The Kier molecular flexibility index (Phi) is 3.78. The van der Waals surface area contributed by atoms with Gasteiger partial charge in [0.15, 0.2) is 6.10 Å². The topological polar surface area (TPSA) is 53.1 Å². The van der Waals surface area contributed by atoms with Crippen LogP contribution in [0, 0.1) is 0 Å². The highest BCUT2D eigenvalue weighted by Gasteiger charge is 2.30. The molecule has 1 atom stereocenters. The minimum atomic E-state index is -0.489. The molecule has 0 radical (unpaired) electrons. The van der Waals surface area contributed by atoms with Gasteiger partial charge in [-0.25, -0.2) is 0 Å². The number of hydrogen-bond acceptors (Lipinski definition) is 4. The maximum atomic E-state index is 12.6. The van der Waals surface area contributed by atoms with Gasteiger partial charge < -0.3 is 19.4 Å². The number of fused-ring (bicyclic) bond motifs is 1. The van der Waals surface area contributed by atoms with E-state index in [9.17, 15) is 9.59 Å². The lowest BCUT2D eigenvalue weighted by Gasteiger charge is -2.33. The third kappa shape index (κ3) is 2.54. The summed E-state index contributed by atoms with van der Waals surface area (Å²) in [5.74, 6) is 0.552. The maximum absolute atomic E-state index is 12.6. The van der Waals surface area contributed by atoms with Gasteiger partial charge in [0.2, 0.25) is 0 Å². The average Bonchev–Trinajstić information content (AvgIpc) is 2.52. The predicted molar refractivity (Wildman–Crippen MR) is 83.3 cm³/mol. The van der Waals surface area contributed by atoms with E-state index in [1.165, 1.54) is 0 Å². The van der Waals surface area contributed by atoms with Crippen molar-refractivity contribution in [2.24, 2.45) is 0 Å². The van der Waals surface area contributed by atoms with Gasteiger partial charge in [0.05, 0.1) is 5.69 Å². The van der Waals surface area contributed by atoms with Crippen LogP contribution in [0.15, 0.2) is 18.2 Å². The molecule has 0 N–H and O–H groups in total. The number of rotatable bonds is 1. The molecule has 2 aliphatic rings. The molecule has 1 aromatic carbocycles. The molecule has 2 aliphatic heterocycles. The number of benzene rings is 1. The van der Waals surface area contributed by atoms with Crippen molar-refractivity contribution in [1.29, 1.82) is 0 Å². The van der Waals surface area contributed by atoms with Crippen LogP contribution >= 0.6 is 0 Å². The van der Waals surface area contributed by atoms with Crippen LogP contribution in [0.2, 0.25) is 0 Å². The molecular weight excluding hydrogens is 282 g/mol. The second-order valence-electron chi connectivity index (χ2n) is 5.94. The second-order valence-corrected chi connectivity index (χ2v) is 5.94. The molecule has 0 aliphatic carbocycles. The molecule has 2 heterocycles. The lowest BCUT2D eigenvalue weighted by atomic mass is 10.1. The summed E-state index contributed by atoms with van der Waals surface area (Å²) in [6.45, 7) is 4.96. The lowest BCUT2D eigenvalue weighted by molar-refractivity contribution is -0.125. The SMILES string of the molecule is CC1Oc2ccc(C(=O)N3CCN(C)CC3)cc2N(C)C1=O. The first-order chi connectivity index (χ1) is 10.5. The number of likely N-dealkylation sites (N-methyl/N-ethyl adjacent to an activating group) is 2. The highest BCUT2D eigenvalue weighted by Crippen LogP contribution is 2.34. The van der Waals surface area contributed by atoms with E-state index in [4.69, 9.17) is 4.74 Å². The summed E-state index contributed by atoms with van der Waals surface area (Å²) < 4.78 is 5.59. The molecule has 1 aromatic rings. The molecule has 1 saturated heterocycles. The summed E-state index contributed by atoms with van der Waals surface area (Å²) in [6.07, 6.45) is -0.489. The Morgan fingerprint density at radius 2 is 1.86 bits per heavy atom. The van der Waals surface area contributed by atoms with Crippen molar-refractivity contribution in [2.45, 2.75) is 13.0 Å². The molecule has 0 spiro atoms. The Bertz CT molecular complexity index is 609. The Balaban J connectivity index is 1.84. The van der Waals surface area contributed by atoms with E-state index in [-0.39, 0.29) is 11.8 Å². The minimum absolute atomic E-state index is 0.00960. The van der Waals surface area contributed by atoms with Crippen molar-refractivity contribution in [3.63, 3.8) is 0 Å². The van der Waals surface area contributed by atoms with Gasteiger partial charge in [0.1, 0.15) is 5.75 Å². The molecule has 6 heteroatoms. The summed E-state index contributed by atoms with van der Waals surface area (Å²) in [6, 6.07) is 5.30. The van der Waals surface area contributed by atoms with E-state index in [1.807, 2.05) is 4.90 Å². The molecular formula is C16H21N3O3. The fraction of sp³-hybridized carbons (Fsp3) is 0.500. The molecule has 22 heavy (non-hydrogen) atoms. The van der Waals surface area contributed by atoms with E-state index in [1.54, 1.807) is 37.1 Å². The van der Waals surface area contributed by atoms with Gasteiger partial charge in [-0.3, -0.25) is 9.59 Å². The monoisotopic (exact) mass is 303 g/mol. The first-order valence-corrected chi connectivity index (χ1v) is 7.53. The van der Waals surface area contributed by atoms with Crippen LogP contribution in [0.4, 0.5) is 5.69 Å². The number of amides is 2. The molecule has 2 amide bonds. The zero-order valence-electron chi connectivity index (χ0n) is 13.2. The van der Waals surface area contributed by atoms with Gasteiger partial charge in [-0.1, -0.05) is 0 Å². The van der Waals surface area contributed by atoms with Crippen LogP contribution in [0.25, 0.3) is 0 Å². The third-order valence-corrected chi connectivity index (χ3v) is 4.34. The van der Waals surface area contributed by atoms with Crippen LogP contribution in [-0.4, -0.2) is 68.0 Å². The van der Waals surface area contributed by atoms with Gasteiger partial charge in [-0.15, -0.1) is 0 Å². The fourth-order valence-corrected chi connectivity index (χ4v) is 2.84. The lowest BCUT2D eigenvalue weighted by Crippen LogP contribution is -2.47. The van der Waals surface area contributed by atoms with Crippen molar-refractivity contribution in [2.75, 3.05) is 45.2 Å². The van der Waals surface area contributed by atoms with Crippen LogP contribution in [0.3, 0.4) is 0 Å². The van der Waals surface area contributed by atoms with Crippen molar-refractivity contribution in [3.05, 3.63) is 23.8 Å². The first-order valence-electron chi connectivity index (χ1n) is 7.53. The Labute approximate surface area is 130 Å². The second kappa shape index (κ2) is 5.61. The minimum Gasteiger partial charge on any atom is -0.479 e. The number of piperazine rings is 1. The molecule has 0 saturated carbocycles.